The van der Waals surface area contributed by atoms with Crippen molar-refractivity contribution in [1.82, 2.24) is 9.88 Å². The van der Waals surface area contributed by atoms with Crippen molar-refractivity contribution in [2.75, 3.05) is 26.2 Å². The van der Waals surface area contributed by atoms with E-state index in [1.807, 2.05) is 18.5 Å². The fourth-order valence-corrected chi connectivity index (χ4v) is 2.85. The van der Waals surface area contributed by atoms with E-state index in [0.29, 0.717) is 0 Å². The molecule has 1 unspecified atom stereocenters. The first-order valence-corrected chi connectivity index (χ1v) is 7.03. The zero-order chi connectivity index (χ0) is 12.8. The predicted octanol–water partition coefficient (Wildman–Crippen LogP) is 2.07. The predicted molar refractivity (Wildman–Crippen MR) is 75.4 cm³/mol. The topological polar surface area (TPSA) is 42.1 Å². The smallest absolute Gasteiger partial charge is 0.0300 e. The molecule has 1 atom stereocenters. The van der Waals surface area contributed by atoms with E-state index < -0.39 is 0 Å². The Labute approximate surface area is 110 Å². The zero-order valence-corrected chi connectivity index (χ0v) is 11.4. The van der Waals surface area contributed by atoms with Crippen molar-refractivity contribution < 1.29 is 0 Å². The van der Waals surface area contributed by atoms with Crippen molar-refractivity contribution in [3.8, 4) is 0 Å². The minimum absolute atomic E-state index is 0.167. The normalized spacial score (nSPS) is 20.6. The van der Waals surface area contributed by atoms with Gasteiger partial charge in [0.25, 0.3) is 0 Å². The van der Waals surface area contributed by atoms with Crippen LogP contribution in [-0.4, -0.2) is 36.1 Å². The lowest BCUT2D eigenvalue weighted by molar-refractivity contribution is 0.145. The molecule has 1 aliphatic heterocycles. The summed E-state index contributed by atoms with van der Waals surface area (Å²) < 4.78 is 0. The summed E-state index contributed by atoms with van der Waals surface area (Å²) in [4.78, 5) is 6.77. The summed E-state index contributed by atoms with van der Waals surface area (Å²) in [7, 11) is 0. The third-order valence-corrected chi connectivity index (χ3v) is 3.90. The van der Waals surface area contributed by atoms with E-state index in [1.54, 1.807) is 0 Å². The molecule has 1 fully saturated rings. The highest BCUT2D eigenvalue weighted by molar-refractivity contribution is 5.11. The van der Waals surface area contributed by atoms with Crippen molar-refractivity contribution >= 4 is 0 Å². The lowest BCUT2D eigenvalue weighted by Crippen LogP contribution is -2.44. The second-order valence-corrected chi connectivity index (χ2v) is 5.89. The Bertz CT molecular complexity index is 346. The molecular weight excluding hydrogens is 222 g/mol. The van der Waals surface area contributed by atoms with Crippen LogP contribution >= 0.6 is 0 Å². The Morgan fingerprint density at radius 2 is 2.11 bits per heavy atom. The van der Waals surface area contributed by atoms with E-state index in [-0.39, 0.29) is 5.41 Å². The van der Waals surface area contributed by atoms with Gasteiger partial charge in [-0.15, -0.1) is 0 Å². The lowest BCUT2D eigenvalue weighted by atomic mass is 9.83. The summed E-state index contributed by atoms with van der Waals surface area (Å²) in [5.74, 6) is 0. The van der Waals surface area contributed by atoms with Crippen LogP contribution in [0.5, 0.6) is 0 Å². The molecule has 1 saturated heterocycles. The fourth-order valence-electron chi connectivity index (χ4n) is 2.85. The van der Waals surface area contributed by atoms with Crippen molar-refractivity contribution in [3.05, 3.63) is 30.1 Å². The molecule has 100 valence electrons. The Balaban J connectivity index is 1.96. The molecule has 18 heavy (non-hydrogen) atoms. The van der Waals surface area contributed by atoms with Crippen LogP contribution < -0.4 is 5.73 Å². The van der Waals surface area contributed by atoms with E-state index in [9.17, 15) is 0 Å². The van der Waals surface area contributed by atoms with Crippen LogP contribution in [0.3, 0.4) is 0 Å². The van der Waals surface area contributed by atoms with Gasteiger partial charge in [0.1, 0.15) is 0 Å². The molecule has 3 nitrogen and oxygen atoms in total. The third kappa shape index (κ3) is 3.79. The largest absolute Gasteiger partial charge is 0.330 e. The molecule has 1 aromatic heterocycles. The molecule has 0 saturated carbocycles. The van der Waals surface area contributed by atoms with Gasteiger partial charge >= 0.3 is 0 Å². The number of hydrogen-bond donors (Lipinski definition) is 1. The average Bonchev–Trinajstić information content (AvgIpc) is 2.41. The van der Waals surface area contributed by atoms with Gasteiger partial charge < -0.3 is 10.6 Å². The Morgan fingerprint density at radius 3 is 2.72 bits per heavy atom. The molecule has 0 bridgehead atoms. The Morgan fingerprint density at radius 1 is 1.33 bits per heavy atom. The molecule has 1 aromatic rings. The number of piperidine rings is 1. The number of nitrogens with zero attached hydrogens (tertiary/aromatic N) is 2. The van der Waals surface area contributed by atoms with Crippen molar-refractivity contribution in [1.29, 1.82) is 0 Å². The Hall–Kier alpha value is -0.930. The van der Waals surface area contributed by atoms with Gasteiger partial charge in [0.2, 0.25) is 0 Å². The van der Waals surface area contributed by atoms with Gasteiger partial charge in [-0.1, -0.05) is 19.4 Å². The summed E-state index contributed by atoms with van der Waals surface area (Å²) in [5, 5.41) is 0. The molecule has 0 spiro atoms. The highest BCUT2D eigenvalue weighted by Gasteiger charge is 2.26. The Kier molecular flexibility index (Phi) is 4.72. The summed E-state index contributed by atoms with van der Waals surface area (Å²) in [6.07, 6.45) is 8.88. The number of hydrogen-bond acceptors (Lipinski definition) is 3. The van der Waals surface area contributed by atoms with Crippen molar-refractivity contribution in [3.63, 3.8) is 0 Å². The van der Waals surface area contributed by atoms with Crippen LogP contribution in [0.25, 0.3) is 0 Å². The summed E-state index contributed by atoms with van der Waals surface area (Å²) in [6.45, 7) is 6.62. The van der Waals surface area contributed by atoms with Crippen LogP contribution in [0, 0.1) is 5.41 Å². The van der Waals surface area contributed by atoms with E-state index >= 15 is 0 Å². The first kappa shape index (κ1) is 13.5. The second kappa shape index (κ2) is 6.30. The van der Waals surface area contributed by atoms with Gasteiger partial charge in [0, 0.05) is 18.9 Å². The minimum atomic E-state index is 0.167. The molecular formula is C15H25N3. The molecule has 0 amide bonds. The monoisotopic (exact) mass is 247 g/mol. The first-order valence-electron chi connectivity index (χ1n) is 7.03. The molecule has 1 aliphatic rings. The summed E-state index contributed by atoms with van der Waals surface area (Å²) in [5.41, 5.74) is 7.49. The summed E-state index contributed by atoms with van der Waals surface area (Å²) >= 11 is 0. The fraction of sp³-hybridized carbons (Fsp3) is 0.667. The summed E-state index contributed by atoms with van der Waals surface area (Å²) in [6, 6.07) is 4.16. The van der Waals surface area contributed by atoms with Crippen LogP contribution in [0.15, 0.2) is 24.5 Å². The number of aromatic nitrogens is 1. The molecule has 0 aliphatic carbocycles. The van der Waals surface area contributed by atoms with Gasteiger partial charge in [-0.25, -0.2) is 0 Å². The zero-order valence-electron chi connectivity index (χ0n) is 11.4. The number of rotatable bonds is 5. The lowest BCUT2D eigenvalue weighted by Gasteiger charge is -2.36. The average molecular weight is 247 g/mol. The third-order valence-electron chi connectivity index (χ3n) is 3.90. The number of likely N-dealkylation sites (tertiary alicyclic amines) is 1. The van der Waals surface area contributed by atoms with E-state index in [2.05, 4.69) is 22.9 Å². The molecule has 2 heterocycles. The van der Waals surface area contributed by atoms with Crippen LogP contribution in [-0.2, 0) is 6.42 Å². The van der Waals surface area contributed by atoms with Gasteiger partial charge in [-0.05, 0) is 55.9 Å². The number of nitrogens with two attached hydrogens (primary N) is 1. The molecule has 3 heteroatoms. The van der Waals surface area contributed by atoms with E-state index in [0.717, 1.165) is 19.5 Å². The van der Waals surface area contributed by atoms with Crippen LogP contribution in [0.2, 0.25) is 0 Å². The molecule has 0 radical (unpaired) electrons. The SMILES string of the molecule is CC(CN)(Cc1cccnc1)CN1CCCCC1. The van der Waals surface area contributed by atoms with Gasteiger partial charge in [0.05, 0.1) is 0 Å². The molecule has 2 N–H and O–H groups in total. The van der Waals surface area contributed by atoms with Crippen molar-refractivity contribution in [2.24, 2.45) is 11.1 Å². The maximum Gasteiger partial charge on any atom is 0.0300 e. The van der Waals surface area contributed by atoms with Crippen LogP contribution in [0.4, 0.5) is 0 Å². The maximum absolute atomic E-state index is 6.02. The first-order chi connectivity index (χ1) is 8.72. The molecule has 0 aromatic carbocycles. The maximum atomic E-state index is 6.02. The van der Waals surface area contributed by atoms with Crippen LogP contribution in [0.1, 0.15) is 31.7 Å². The molecule has 2 rings (SSSR count). The van der Waals surface area contributed by atoms with E-state index in [1.165, 1.54) is 37.9 Å². The van der Waals surface area contributed by atoms with Crippen molar-refractivity contribution in [2.45, 2.75) is 32.6 Å². The highest BCUT2D eigenvalue weighted by atomic mass is 15.1. The highest BCUT2D eigenvalue weighted by Crippen LogP contribution is 2.24. The van der Waals surface area contributed by atoms with Gasteiger partial charge in [-0.2, -0.15) is 0 Å². The van der Waals surface area contributed by atoms with Gasteiger partial charge in [0.15, 0.2) is 0 Å². The second-order valence-electron chi connectivity index (χ2n) is 5.89. The quantitative estimate of drug-likeness (QED) is 0.866. The minimum Gasteiger partial charge on any atom is -0.330 e. The standard InChI is InChI=1S/C15H25N3/c1-15(12-16,10-14-6-5-7-17-11-14)13-18-8-3-2-4-9-18/h5-7,11H,2-4,8-10,12-13,16H2,1H3. The van der Waals surface area contributed by atoms with Gasteiger partial charge in [-0.3, -0.25) is 4.98 Å². The van der Waals surface area contributed by atoms with E-state index in [4.69, 9.17) is 5.73 Å². The number of pyridine rings is 1.